The third kappa shape index (κ3) is 4.91. The fraction of sp³-hybridized carbons (Fsp3) is 0.200. The summed E-state index contributed by atoms with van der Waals surface area (Å²) >= 11 is 6.09. The van der Waals surface area contributed by atoms with Gasteiger partial charge >= 0.3 is 5.97 Å². The summed E-state index contributed by atoms with van der Waals surface area (Å²) in [7, 11) is 1.55. The summed E-state index contributed by atoms with van der Waals surface area (Å²) in [5, 5.41) is 7.07. The van der Waals surface area contributed by atoms with E-state index in [-0.39, 0.29) is 10.7 Å². The number of carbonyl (C=O) groups excluding carboxylic acids is 2. The number of aryl methyl sites for hydroxylation is 2. The zero-order chi connectivity index (χ0) is 21.0. The van der Waals surface area contributed by atoms with Gasteiger partial charge in [0.05, 0.1) is 17.8 Å². The Kier molecular flexibility index (Phi) is 6.13. The molecular weight excluding hydrogens is 396 g/mol. The van der Waals surface area contributed by atoms with Crippen LogP contribution in [0.3, 0.4) is 0 Å². The van der Waals surface area contributed by atoms with Gasteiger partial charge in [0.2, 0.25) is 0 Å². The van der Waals surface area contributed by atoms with Crippen molar-refractivity contribution in [3.05, 3.63) is 64.6 Å². The van der Waals surface area contributed by atoms with Crippen LogP contribution >= 0.6 is 11.6 Å². The highest BCUT2D eigenvalue weighted by atomic mass is 35.5. The number of halogens is 1. The molecule has 0 atom stereocenters. The lowest BCUT2D eigenvalue weighted by Gasteiger charge is -2.09. The minimum atomic E-state index is -0.803. The van der Waals surface area contributed by atoms with E-state index in [0.29, 0.717) is 17.3 Å². The topological polar surface area (TPSA) is 95.3 Å². The number of amides is 1. The van der Waals surface area contributed by atoms with E-state index in [9.17, 15) is 9.59 Å². The highest BCUT2D eigenvalue weighted by Gasteiger charge is 2.18. The number of nitrogens with zero attached hydrogens (tertiary/aromatic N) is 3. The molecule has 0 fully saturated rings. The molecule has 1 N–H and O–H groups in total. The van der Waals surface area contributed by atoms with Crippen LogP contribution in [0.1, 0.15) is 21.9 Å². The Bertz CT molecular complexity index is 1050. The van der Waals surface area contributed by atoms with Crippen molar-refractivity contribution in [1.29, 1.82) is 0 Å². The lowest BCUT2D eigenvalue weighted by atomic mass is 10.3. The molecule has 0 radical (unpaired) electrons. The lowest BCUT2D eigenvalue weighted by molar-refractivity contribution is -0.119. The zero-order valence-corrected chi connectivity index (χ0v) is 16.9. The minimum absolute atomic E-state index is 0.0889. The van der Waals surface area contributed by atoms with Crippen molar-refractivity contribution in [2.75, 3.05) is 19.0 Å². The van der Waals surface area contributed by atoms with E-state index in [0.717, 1.165) is 11.4 Å². The fourth-order valence-corrected chi connectivity index (χ4v) is 2.81. The number of pyridine rings is 1. The number of carbonyl (C=O) groups is 2. The van der Waals surface area contributed by atoms with Gasteiger partial charge in [-0.25, -0.2) is 14.5 Å². The summed E-state index contributed by atoms with van der Waals surface area (Å²) in [5.74, 6) is -0.204. The Labute approximate surface area is 172 Å². The second-order valence-electron chi connectivity index (χ2n) is 6.19. The predicted octanol–water partition coefficient (Wildman–Crippen LogP) is 3.34. The van der Waals surface area contributed by atoms with Gasteiger partial charge in [0.15, 0.2) is 18.1 Å². The van der Waals surface area contributed by atoms with Crippen LogP contribution < -0.4 is 10.1 Å². The molecule has 0 aliphatic carbocycles. The van der Waals surface area contributed by atoms with Gasteiger partial charge in [-0.2, -0.15) is 5.10 Å². The predicted molar refractivity (Wildman–Crippen MR) is 108 cm³/mol. The molecular formula is C20H19ClN4O4. The second kappa shape index (κ2) is 8.74. The van der Waals surface area contributed by atoms with Crippen molar-refractivity contribution in [2.24, 2.45) is 0 Å². The van der Waals surface area contributed by atoms with E-state index >= 15 is 0 Å². The molecule has 0 saturated carbocycles. The highest BCUT2D eigenvalue weighted by molar-refractivity contribution is 6.33. The van der Waals surface area contributed by atoms with Crippen LogP contribution in [0.4, 0.5) is 5.69 Å². The Hall–Kier alpha value is -3.39. The Morgan fingerprint density at radius 2 is 1.86 bits per heavy atom. The first-order valence-electron chi connectivity index (χ1n) is 8.68. The maximum atomic E-state index is 12.4. The number of anilines is 1. The first-order valence-corrected chi connectivity index (χ1v) is 9.06. The van der Waals surface area contributed by atoms with Crippen LogP contribution in [0.2, 0.25) is 5.02 Å². The van der Waals surface area contributed by atoms with Gasteiger partial charge in [-0.3, -0.25) is 4.79 Å². The number of hydrogen-bond donors (Lipinski definition) is 1. The largest absolute Gasteiger partial charge is 0.497 e. The van der Waals surface area contributed by atoms with E-state index < -0.39 is 18.5 Å². The van der Waals surface area contributed by atoms with E-state index in [1.54, 1.807) is 42.1 Å². The quantitative estimate of drug-likeness (QED) is 0.621. The van der Waals surface area contributed by atoms with E-state index in [1.165, 1.54) is 6.07 Å². The van der Waals surface area contributed by atoms with E-state index in [4.69, 9.17) is 21.1 Å². The molecule has 1 aromatic carbocycles. The number of rotatable bonds is 6. The summed E-state index contributed by atoms with van der Waals surface area (Å²) < 4.78 is 11.7. The molecule has 150 valence electrons. The summed E-state index contributed by atoms with van der Waals surface area (Å²) in [6, 6.07) is 11.8. The Morgan fingerprint density at radius 1 is 1.14 bits per heavy atom. The van der Waals surface area contributed by atoms with Crippen LogP contribution in [0.15, 0.2) is 42.5 Å². The SMILES string of the molecule is COc1ccc(NC(=O)COC(=O)c2nc(-n3nc(C)cc3C)ccc2Cl)cc1. The number of esters is 1. The Morgan fingerprint density at radius 3 is 2.48 bits per heavy atom. The van der Waals surface area contributed by atoms with Crippen LogP contribution in [0.25, 0.3) is 5.82 Å². The lowest BCUT2D eigenvalue weighted by Crippen LogP contribution is -2.21. The van der Waals surface area contributed by atoms with Gasteiger partial charge in [-0.05, 0) is 56.3 Å². The molecule has 0 saturated heterocycles. The van der Waals surface area contributed by atoms with Crippen molar-refractivity contribution in [1.82, 2.24) is 14.8 Å². The highest BCUT2D eigenvalue weighted by Crippen LogP contribution is 2.19. The molecule has 29 heavy (non-hydrogen) atoms. The van der Waals surface area contributed by atoms with Gasteiger partial charge in [0.1, 0.15) is 5.75 Å². The third-order valence-corrected chi connectivity index (χ3v) is 4.26. The van der Waals surface area contributed by atoms with Gasteiger partial charge in [-0.1, -0.05) is 11.6 Å². The van der Waals surface area contributed by atoms with E-state index in [1.807, 2.05) is 19.9 Å². The molecule has 0 unspecified atom stereocenters. The van der Waals surface area contributed by atoms with Gasteiger partial charge in [-0.15, -0.1) is 0 Å². The molecule has 9 heteroatoms. The molecule has 3 aromatic rings. The molecule has 0 aliphatic heterocycles. The van der Waals surface area contributed by atoms with Crippen molar-refractivity contribution in [3.8, 4) is 11.6 Å². The number of hydrogen-bond acceptors (Lipinski definition) is 6. The van der Waals surface area contributed by atoms with Crippen molar-refractivity contribution in [3.63, 3.8) is 0 Å². The van der Waals surface area contributed by atoms with E-state index in [2.05, 4.69) is 15.4 Å². The van der Waals surface area contributed by atoms with Crippen molar-refractivity contribution >= 4 is 29.2 Å². The maximum absolute atomic E-state index is 12.4. The second-order valence-corrected chi connectivity index (χ2v) is 6.60. The molecule has 0 aliphatic rings. The number of benzene rings is 1. The average Bonchev–Trinajstić information content (AvgIpc) is 3.05. The molecule has 8 nitrogen and oxygen atoms in total. The fourth-order valence-electron chi connectivity index (χ4n) is 2.62. The molecule has 1 amide bonds. The maximum Gasteiger partial charge on any atom is 0.359 e. The first-order chi connectivity index (χ1) is 13.9. The monoisotopic (exact) mass is 414 g/mol. The molecule has 2 heterocycles. The summed E-state index contributed by atoms with van der Waals surface area (Å²) in [5.41, 5.74) is 2.14. The minimum Gasteiger partial charge on any atom is -0.497 e. The zero-order valence-electron chi connectivity index (χ0n) is 16.1. The summed E-state index contributed by atoms with van der Waals surface area (Å²) in [6.45, 7) is 3.25. The third-order valence-electron chi connectivity index (χ3n) is 3.96. The molecule has 2 aromatic heterocycles. The summed E-state index contributed by atoms with van der Waals surface area (Å²) in [6.07, 6.45) is 0. The van der Waals surface area contributed by atoms with Crippen molar-refractivity contribution < 1.29 is 19.1 Å². The Balaban J connectivity index is 1.66. The van der Waals surface area contributed by atoms with Crippen LogP contribution in [-0.4, -0.2) is 40.4 Å². The standard InChI is InChI=1S/C20H19ClN4O4/c1-12-10-13(2)25(24-12)17-9-8-16(21)19(23-17)20(27)29-11-18(26)22-14-4-6-15(28-3)7-5-14/h4-10H,11H2,1-3H3,(H,22,26). The number of methoxy groups -OCH3 is 1. The summed E-state index contributed by atoms with van der Waals surface area (Å²) in [4.78, 5) is 28.7. The van der Waals surface area contributed by atoms with Crippen LogP contribution in [0.5, 0.6) is 5.75 Å². The van der Waals surface area contributed by atoms with Gasteiger partial charge in [0, 0.05) is 11.4 Å². The van der Waals surface area contributed by atoms with Crippen LogP contribution in [0, 0.1) is 13.8 Å². The molecule has 0 bridgehead atoms. The smallest absolute Gasteiger partial charge is 0.359 e. The van der Waals surface area contributed by atoms with Gasteiger partial charge < -0.3 is 14.8 Å². The number of nitrogens with one attached hydrogen (secondary N) is 1. The normalized spacial score (nSPS) is 10.5. The number of aromatic nitrogens is 3. The average molecular weight is 415 g/mol. The molecule has 3 rings (SSSR count). The van der Waals surface area contributed by atoms with Crippen molar-refractivity contribution in [2.45, 2.75) is 13.8 Å². The number of ether oxygens (including phenoxy) is 2. The molecule has 0 spiro atoms. The first kappa shape index (κ1) is 20.3. The van der Waals surface area contributed by atoms with Gasteiger partial charge in [0.25, 0.3) is 5.91 Å². The van der Waals surface area contributed by atoms with Crippen LogP contribution in [-0.2, 0) is 9.53 Å².